The molecule has 4 nitrogen and oxygen atoms in total. The van der Waals surface area contributed by atoms with Crippen molar-refractivity contribution in [3.63, 3.8) is 0 Å². The molecule has 2 aromatic rings. The van der Waals surface area contributed by atoms with Crippen molar-refractivity contribution in [2.24, 2.45) is 0 Å². The normalized spacial score (nSPS) is 12.4. The predicted molar refractivity (Wildman–Crippen MR) is 70.8 cm³/mol. The Morgan fingerprint density at radius 3 is 2.88 bits per heavy atom. The third-order valence-electron chi connectivity index (χ3n) is 2.86. The third kappa shape index (κ3) is 2.41. The van der Waals surface area contributed by atoms with Crippen LogP contribution in [0.15, 0.2) is 36.7 Å². The molecule has 0 fully saturated rings. The number of hydrogen-bond donors (Lipinski definition) is 2. The molecular weight excluding hydrogens is 212 g/mol. The van der Waals surface area contributed by atoms with Crippen LogP contribution in [-0.2, 0) is 6.54 Å². The molecule has 2 rings (SSSR count). The second-order valence-electron chi connectivity index (χ2n) is 4.03. The Morgan fingerprint density at radius 2 is 2.18 bits per heavy atom. The van der Waals surface area contributed by atoms with E-state index in [1.165, 1.54) is 0 Å². The number of benzene rings is 1. The van der Waals surface area contributed by atoms with Crippen LogP contribution in [0.3, 0.4) is 0 Å². The highest BCUT2D eigenvalue weighted by Crippen LogP contribution is 2.22. The van der Waals surface area contributed by atoms with Crippen molar-refractivity contribution in [3.8, 4) is 0 Å². The molecular formula is C13H18N4. The Morgan fingerprint density at radius 1 is 1.41 bits per heavy atom. The molecule has 0 aliphatic rings. The van der Waals surface area contributed by atoms with Gasteiger partial charge in [0.15, 0.2) is 0 Å². The summed E-state index contributed by atoms with van der Waals surface area (Å²) in [6.45, 7) is 5.08. The molecule has 1 aromatic carbocycles. The van der Waals surface area contributed by atoms with Gasteiger partial charge in [-0.05, 0) is 25.5 Å². The number of hydrogen-bond acceptors (Lipinski definition) is 3. The van der Waals surface area contributed by atoms with Gasteiger partial charge in [0.1, 0.15) is 0 Å². The van der Waals surface area contributed by atoms with E-state index in [0.29, 0.717) is 0 Å². The molecule has 3 N–H and O–H groups in total. The molecule has 4 heteroatoms. The molecule has 0 spiro atoms. The van der Waals surface area contributed by atoms with E-state index < -0.39 is 0 Å². The Bertz CT molecular complexity index is 490. The van der Waals surface area contributed by atoms with Crippen LogP contribution in [0, 0.1) is 0 Å². The maximum Gasteiger partial charge on any atom is 0.203 e. The van der Waals surface area contributed by atoms with Crippen LogP contribution in [0.4, 0.5) is 11.6 Å². The SMILES string of the molecule is CCn1ccnc1NC(C)c1ccccc1N. The van der Waals surface area contributed by atoms with Gasteiger partial charge in [-0.1, -0.05) is 18.2 Å². The van der Waals surface area contributed by atoms with E-state index in [-0.39, 0.29) is 6.04 Å². The fraction of sp³-hybridized carbons (Fsp3) is 0.308. The summed E-state index contributed by atoms with van der Waals surface area (Å²) in [6.07, 6.45) is 3.76. The second-order valence-corrected chi connectivity index (χ2v) is 4.03. The lowest BCUT2D eigenvalue weighted by molar-refractivity contribution is 0.744. The summed E-state index contributed by atoms with van der Waals surface area (Å²) in [5.74, 6) is 0.878. The monoisotopic (exact) mass is 230 g/mol. The fourth-order valence-corrected chi connectivity index (χ4v) is 1.88. The van der Waals surface area contributed by atoms with Gasteiger partial charge in [-0.2, -0.15) is 0 Å². The highest BCUT2D eigenvalue weighted by molar-refractivity contribution is 5.50. The number of nitrogens with zero attached hydrogens (tertiary/aromatic N) is 2. The zero-order chi connectivity index (χ0) is 12.3. The van der Waals surface area contributed by atoms with Crippen LogP contribution < -0.4 is 11.1 Å². The van der Waals surface area contributed by atoms with Gasteiger partial charge in [-0.25, -0.2) is 4.98 Å². The Labute approximate surface area is 101 Å². The average molecular weight is 230 g/mol. The molecule has 0 saturated heterocycles. The Hall–Kier alpha value is -1.97. The minimum atomic E-state index is 0.142. The van der Waals surface area contributed by atoms with Crippen LogP contribution in [0.25, 0.3) is 0 Å². The van der Waals surface area contributed by atoms with Crippen molar-refractivity contribution in [3.05, 3.63) is 42.2 Å². The molecule has 0 amide bonds. The van der Waals surface area contributed by atoms with Gasteiger partial charge >= 0.3 is 0 Å². The number of nitrogens with two attached hydrogens (primary N) is 1. The number of nitrogens with one attached hydrogen (secondary N) is 1. The van der Waals surface area contributed by atoms with Gasteiger partial charge in [-0.15, -0.1) is 0 Å². The summed E-state index contributed by atoms with van der Waals surface area (Å²) in [4.78, 5) is 4.29. The summed E-state index contributed by atoms with van der Waals surface area (Å²) in [6, 6.07) is 8.03. The highest BCUT2D eigenvalue weighted by atomic mass is 15.2. The lowest BCUT2D eigenvalue weighted by Gasteiger charge is -2.17. The first-order chi connectivity index (χ1) is 8.22. The minimum Gasteiger partial charge on any atom is -0.398 e. The molecule has 1 unspecified atom stereocenters. The summed E-state index contributed by atoms with van der Waals surface area (Å²) >= 11 is 0. The van der Waals surface area contributed by atoms with E-state index in [2.05, 4.69) is 28.7 Å². The van der Waals surface area contributed by atoms with E-state index in [4.69, 9.17) is 5.73 Å². The van der Waals surface area contributed by atoms with Crippen molar-refractivity contribution < 1.29 is 0 Å². The van der Waals surface area contributed by atoms with Gasteiger partial charge in [0.2, 0.25) is 5.95 Å². The second kappa shape index (κ2) is 4.91. The number of anilines is 2. The van der Waals surface area contributed by atoms with Gasteiger partial charge in [-0.3, -0.25) is 0 Å². The smallest absolute Gasteiger partial charge is 0.203 e. The molecule has 0 saturated carbocycles. The molecule has 1 aromatic heterocycles. The van der Waals surface area contributed by atoms with Crippen molar-refractivity contribution in [1.29, 1.82) is 0 Å². The number of imidazole rings is 1. The summed E-state index contributed by atoms with van der Waals surface area (Å²) in [7, 11) is 0. The zero-order valence-electron chi connectivity index (χ0n) is 10.2. The van der Waals surface area contributed by atoms with E-state index in [1.54, 1.807) is 6.20 Å². The lowest BCUT2D eigenvalue weighted by atomic mass is 10.1. The highest BCUT2D eigenvalue weighted by Gasteiger charge is 2.10. The Balaban J connectivity index is 2.17. The van der Waals surface area contributed by atoms with E-state index in [0.717, 1.165) is 23.7 Å². The van der Waals surface area contributed by atoms with Gasteiger partial charge < -0.3 is 15.6 Å². The predicted octanol–water partition coefficient (Wildman–Crippen LogP) is 2.66. The summed E-state index contributed by atoms with van der Waals surface area (Å²) < 4.78 is 2.07. The first-order valence-electron chi connectivity index (χ1n) is 5.84. The largest absolute Gasteiger partial charge is 0.398 e. The Kier molecular flexibility index (Phi) is 3.32. The fourth-order valence-electron chi connectivity index (χ4n) is 1.88. The number of aryl methyl sites for hydroxylation is 1. The molecule has 0 aliphatic heterocycles. The van der Waals surface area contributed by atoms with E-state index in [9.17, 15) is 0 Å². The number of aromatic nitrogens is 2. The first kappa shape index (κ1) is 11.5. The quantitative estimate of drug-likeness (QED) is 0.794. The first-order valence-corrected chi connectivity index (χ1v) is 5.84. The average Bonchev–Trinajstić information content (AvgIpc) is 2.76. The summed E-state index contributed by atoms with van der Waals surface area (Å²) in [5, 5.41) is 3.37. The van der Waals surface area contributed by atoms with Crippen LogP contribution in [0.2, 0.25) is 0 Å². The molecule has 1 atom stereocenters. The number of rotatable bonds is 4. The lowest BCUT2D eigenvalue weighted by Crippen LogP contribution is -2.12. The van der Waals surface area contributed by atoms with E-state index >= 15 is 0 Å². The molecule has 17 heavy (non-hydrogen) atoms. The molecule has 0 bridgehead atoms. The van der Waals surface area contributed by atoms with Gasteiger partial charge in [0.05, 0.1) is 6.04 Å². The van der Waals surface area contributed by atoms with Crippen molar-refractivity contribution in [2.45, 2.75) is 26.4 Å². The number of para-hydroxylation sites is 1. The van der Waals surface area contributed by atoms with Crippen LogP contribution >= 0.6 is 0 Å². The van der Waals surface area contributed by atoms with Gasteiger partial charge in [0.25, 0.3) is 0 Å². The topological polar surface area (TPSA) is 55.9 Å². The third-order valence-corrected chi connectivity index (χ3v) is 2.86. The molecule has 90 valence electrons. The molecule has 0 aliphatic carbocycles. The minimum absolute atomic E-state index is 0.142. The van der Waals surface area contributed by atoms with Crippen LogP contribution in [0.1, 0.15) is 25.5 Å². The van der Waals surface area contributed by atoms with Crippen LogP contribution in [-0.4, -0.2) is 9.55 Å². The molecule has 1 heterocycles. The number of nitrogen functional groups attached to an aromatic ring is 1. The van der Waals surface area contributed by atoms with Crippen molar-refractivity contribution in [2.75, 3.05) is 11.1 Å². The zero-order valence-corrected chi connectivity index (χ0v) is 10.2. The van der Waals surface area contributed by atoms with Crippen LogP contribution in [0.5, 0.6) is 0 Å². The standard InChI is InChI=1S/C13H18N4/c1-3-17-9-8-15-13(17)16-10(2)11-6-4-5-7-12(11)14/h4-10H,3,14H2,1-2H3,(H,15,16). The van der Waals surface area contributed by atoms with E-state index in [1.807, 2.05) is 30.5 Å². The maximum absolute atomic E-state index is 5.95. The van der Waals surface area contributed by atoms with Crippen molar-refractivity contribution in [1.82, 2.24) is 9.55 Å². The summed E-state index contributed by atoms with van der Waals surface area (Å²) in [5.41, 5.74) is 7.86. The van der Waals surface area contributed by atoms with Crippen molar-refractivity contribution >= 4 is 11.6 Å². The maximum atomic E-state index is 5.95. The van der Waals surface area contributed by atoms with Gasteiger partial charge in [0, 0.05) is 24.6 Å². The molecule has 0 radical (unpaired) electrons.